The van der Waals surface area contributed by atoms with Crippen LogP contribution in [0, 0.1) is 0 Å². The minimum atomic E-state index is -0.187. The van der Waals surface area contributed by atoms with Gasteiger partial charge < -0.3 is 9.64 Å². The van der Waals surface area contributed by atoms with E-state index >= 15 is 0 Å². The number of rotatable bonds is 2. The Balaban J connectivity index is 2.00. The lowest BCUT2D eigenvalue weighted by molar-refractivity contribution is 0.0973. The minimum absolute atomic E-state index is 0.187. The molecule has 4 nitrogen and oxygen atoms in total. The molecule has 0 radical (unpaired) electrons. The van der Waals surface area contributed by atoms with Crippen LogP contribution in [0.2, 0.25) is 0 Å². The first-order valence-electron chi connectivity index (χ1n) is 7.05. The van der Waals surface area contributed by atoms with E-state index in [0.717, 1.165) is 30.4 Å². The molecule has 1 fully saturated rings. The average Bonchev–Trinajstić information content (AvgIpc) is 2.76. The maximum absolute atomic E-state index is 12.2. The molecule has 6 heteroatoms. The number of benzene rings is 1. The van der Waals surface area contributed by atoms with Crippen molar-refractivity contribution in [2.45, 2.75) is 25.7 Å². The van der Waals surface area contributed by atoms with E-state index in [4.69, 9.17) is 17.0 Å². The number of nitrogens with zero attached hydrogens (tertiary/aromatic N) is 1. The van der Waals surface area contributed by atoms with Crippen molar-refractivity contribution >= 4 is 39.2 Å². The summed E-state index contributed by atoms with van der Waals surface area (Å²) in [5, 5.41) is 3.34. The van der Waals surface area contributed by atoms with Gasteiger partial charge in [-0.25, -0.2) is 0 Å². The Kier molecular flexibility index (Phi) is 5.99. The molecule has 0 bridgehead atoms. The molecule has 0 aliphatic carbocycles. The summed E-state index contributed by atoms with van der Waals surface area (Å²) >= 11 is 8.73. The number of hydrogen-bond acceptors (Lipinski definition) is 3. The van der Waals surface area contributed by atoms with Crippen LogP contribution in [0.1, 0.15) is 36.0 Å². The molecule has 0 spiro atoms. The molecule has 1 aliphatic rings. The fourth-order valence-electron chi connectivity index (χ4n) is 2.33. The minimum Gasteiger partial charge on any atom is -0.496 e. The molecule has 2 rings (SSSR count). The number of carbonyl (C=O) groups is 1. The van der Waals surface area contributed by atoms with Gasteiger partial charge in [-0.2, -0.15) is 0 Å². The quantitative estimate of drug-likeness (QED) is 0.810. The summed E-state index contributed by atoms with van der Waals surface area (Å²) in [7, 11) is 1.59. The molecule has 0 atom stereocenters. The lowest BCUT2D eigenvalue weighted by Crippen LogP contribution is -2.43. The maximum Gasteiger partial charge on any atom is 0.257 e. The van der Waals surface area contributed by atoms with E-state index in [-0.39, 0.29) is 5.91 Å². The Morgan fingerprint density at radius 3 is 2.52 bits per heavy atom. The van der Waals surface area contributed by atoms with E-state index in [0.29, 0.717) is 16.4 Å². The first kappa shape index (κ1) is 16.2. The number of ether oxygens (including phenoxy) is 1. The molecule has 21 heavy (non-hydrogen) atoms. The van der Waals surface area contributed by atoms with Crippen molar-refractivity contribution in [2.24, 2.45) is 0 Å². The van der Waals surface area contributed by atoms with Crippen LogP contribution >= 0.6 is 28.1 Å². The molecule has 0 aromatic heterocycles. The van der Waals surface area contributed by atoms with Crippen LogP contribution in [0.4, 0.5) is 0 Å². The largest absolute Gasteiger partial charge is 0.496 e. The number of amides is 1. The van der Waals surface area contributed by atoms with Crippen LogP contribution < -0.4 is 10.1 Å². The van der Waals surface area contributed by atoms with Crippen LogP contribution in [0.3, 0.4) is 0 Å². The fraction of sp³-hybridized carbons (Fsp3) is 0.467. The van der Waals surface area contributed by atoms with Gasteiger partial charge in [0.1, 0.15) is 5.75 Å². The molecule has 1 amide bonds. The molecule has 1 saturated heterocycles. The van der Waals surface area contributed by atoms with Gasteiger partial charge in [-0.05, 0) is 59.2 Å². The SMILES string of the molecule is COc1ccc(C(=O)NC(=S)N2CCCCCC2)cc1Br. The Hall–Kier alpha value is -1.14. The predicted molar refractivity (Wildman–Crippen MR) is 90.8 cm³/mol. The van der Waals surface area contributed by atoms with Crippen LogP contribution in [0.15, 0.2) is 22.7 Å². The molecule has 1 aliphatic heterocycles. The second-order valence-electron chi connectivity index (χ2n) is 5.01. The zero-order valence-electron chi connectivity index (χ0n) is 12.0. The highest BCUT2D eigenvalue weighted by molar-refractivity contribution is 9.10. The van der Waals surface area contributed by atoms with Gasteiger partial charge in [-0.1, -0.05) is 12.8 Å². The van der Waals surface area contributed by atoms with Crippen LogP contribution in [-0.2, 0) is 0 Å². The third-order valence-corrected chi connectivity index (χ3v) is 4.51. The van der Waals surface area contributed by atoms with Crippen molar-refractivity contribution in [3.63, 3.8) is 0 Å². The second-order valence-corrected chi connectivity index (χ2v) is 6.25. The Bertz CT molecular complexity index is 528. The maximum atomic E-state index is 12.2. The van der Waals surface area contributed by atoms with Gasteiger partial charge in [-0.3, -0.25) is 10.1 Å². The Morgan fingerprint density at radius 1 is 1.29 bits per heavy atom. The molecule has 0 saturated carbocycles. The van der Waals surface area contributed by atoms with Crippen LogP contribution in [-0.4, -0.2) is 36.1 Å². The van der Waals surface area contributed by atoms with Crippen molar-refractivity contribution in [2.75, 3.05) is 20.2 Å². The van der Waals surface area contributed by atoms with Gasteiger partial charge >= 0.3 is 0 Å². The standard InChI is InChI=1S/C15H19BrN2O2S/c1-20-13-7-6-11(10-12(13)16)14(19)17-15(21)18-8-4-2-3-5-9-18/h6-7,10H,2-5,8-9H2,1H3,(H,17,19,21). The van der Waals surface area contributed by atoms with E-state index < -0.39 is 0 Å². The number of halogens is 1. The third-order valence-electron chi connectivity index (χ3n) is 3.53. The molecule has 114 valence electrons. The van der Waals surface area contributed by atoms with E-state index in [1.54, 1.807) is 25.3 Å². The summed E-state index contributed by atoms with van der Waals surface area (Å²) < 4.78 is 5.91. The lowest BCUT2D eigenvalue weighted by Gasteiger charge is -2.23. The summed E-state index contributed by atoms with van der Waals surface area (Å²) in [4.78, 5) is 14.3. The van der Waals surface area contributed by atoms with Gasteiger partial charge in [-0.15, -0.1) is 0 Å². The first-order valence-corrected chi connectivity index (χ1v) is 8.25. The molecular formula is C15H19BrN2O2S. The second kappa shape index (κ2) is 7.75. The summed E-state index contributed by atoms with van der Waals surface area (Å²) in [6, 6.07) is 5.22. The average molecular weight is 371 g/mol. The summed E-state index contributed by atoms with van der Waals surface area (Å²) in [6.45, 7) is 1.84. The Labute approximate surface area is 139 Å². The zero-order chi connectivity index (χ0) is 15.2. The van der Waals surface area contributed by atoms with Crippen molar-refractivity contribution < 1.29 is 9.53 Å². The van der Waals surface area contributed by atoms with Gasteiger partial charge in [0, 0.05) is 18.7 Å². The third kappa shape index (κ3) is 4.41. The molecule has 1 aromatic rings. The number of methoxy groups -OCH3 is 1. The highest BCUT2D eigenvalue weighted by atomic mass is 79.9. The van der Waals surface area contributed by atoms with E-state index in [1.807, 2.05) is 0 Å². The number of likely N-dealkylation sites (tertiary alicyclic amines) is 1. The highest BCUT2D eigenvalue weighted by Crippen LogP contribution is 2.25. The van der Waals surface area contributed by atoms with Crippen LogP contribution in [0.5, 0.6) is 5.75 Å². The van der Waals surface area contributed by atoms with Crippen molar-refractivity contribution in [1.82, 2.24) is 10.2 Å². The van der Waals surface area contributed by atoms with Crippen LogP contribution in [0.25, 0.3) is 0 Å². The van der Waals surface area contributed by atoms with Crippen molar-refractivity contribution in [3.05, 3.63) is 28.2 Å². The first-order chi connectivity index (χ1) is 10.1. The van der Waals surface area contributed by atoms with Gasteiger partial charge in [0.05, 0.1) is 11.6 Å². The smallest absolute Gasteiger partial charge is 0.257 e. The Morgan fingerprint density at radius 2 is 1.95 bits per heavy atom. The van der Waals surface area contributed by atoms with Gasteiger partial charge in [0.15, 0.2) is 5.11 Å². The van der Waals surface area contributed by atoms with Gasteiger partial charge in [0.25, 0.3) is 5.91 Å². The monoisotopic (exact) mass is 370 g/mol. The molecule has 1 N–H and O–H groups in total. The number of nitrogens with one attached hydrogen (secondary N) is 1. The van der Waals surface area contributed by atoms with Crippen molar-refractivity contribution in [3.8, 4) is 5.75 Å². The topological polar surface area (TPSA) is 41.6 Å². The molecule has 0 unspecified atom stereocenters. The van der Waals surface area contributed by atoms with E-state index in [2.05, 4.69) is 26.1 Å². The summed E-state index contributed by atoms with van der Waals surface area (Å²) in [5.74, 6) is 0.509. The molecule has 1 heterocycles. The normalized spacial score (nSPS) is 15.2. The number of hydrogen-bond donors (Lipinski definition) is 1. The number of carbonyl (C=O) groups excluding carboxylic acids is 1. The van der Waals surface area contributed by atoms with E-state index in [1.165, 1.54) is 12.8 Å². The molecular weight excluding hydrogens is 352 g/mol. The number of thiocarbonyl (C=S) groups is 1. The highest BCUT2D eigenvalue weighted by Gasteiger charge is 2.16. The fourth-order valence-corrected chi connectivity index (χ4v) is 3.15. The predicted octanol–water partition coefficient (Wildman–Crippen LogP) is 3.35. The molecule has 1 aromatic carbocycles. The summed E-state index contributed by atoms with van der Waals surface area (Å²) in [6.07, 6.45) is 4.73. The zero-order valence-corrected chi connectivity index (χ0v) is 14.4. The van der Waals surface area contributed by atoms with E-state index in [9.17, 15) is 4.79 Å². The van der Waals surface area contributed by atoms with Crippen molar-refractivity contribution in [1.29, 1.82) is 0 Å². The van der Waals surface area contributed by atoms with Gasteiger partial charge in [0.2, 0.25) is 0 Å². The summed E-state index contributed by atoms with van der Waals surface area (Å²) in [5.41, 5.74) is 0.555. The lowest BCUT2D eigenvalue weighted by atomic mass is 10.2.